The van der Waals surface area contributed by atoms with Gasteiger partial charge in [0.1, 0.15) is 6.04 Å². The van der Waals surface area contributed by atoms with Gasteiger partial charge in [0.25, 0.3) is 0 Å². The molecule has 88 valence electrons. The van der Waals surface area contributed by atoms with Gasteiger partial charge >= 0.3 is 5.97 Å². The van der Waals surface area contributed by atoms with Crippen molar-refractivity contribution in [1.82, 2.24) is 4.90 Å². The number of methoxy groups -OCH3 is 1. The normalized spacial score (nSPS) is 25.1. The second-order valence-electron chi connectivity index (χ2n) is 3.95. The third kappa shape index (κ3) is 3.77. The van der Waals surface area contributed by atoms with Crippen molar-refractivity contribution in [3.63, 3.8) is 0 Å². The molecule has 1 aliphatic heterocycles. The summed E-state index contributed by atoms with van der Waals surface area (Å²) in [5.41, 5.74) is 0. The van der Waals surface area contributed by atoms with E-state index in [2.05, 4.69) is 0 Å². The van der Waals surface area contributed by atoms with E-state index in [1.54, 1.807) is 0 Å². The maximum Gasteiger partial charge on any atom is 0.320 e. The zero-order chi connectivity index (χ0) is 11.3. The highest BCUT2D eigenvalue weighted by Gasteiger charge is 2.29. The lowest BCUT2D eigenvalue weighted by molar-refractivity contribution is -0.145. The maximum absolute atomic E-state index is 10.9. The van der Waals surface area contributed by atoms with Crippen molar-refractivity contribution in [3.8, 4) is 0 Å². The summed E-state index contributed by atoms with van der Waals surface area (Å²) in [6, 6.07) is -0.440. The third-order valence-corrected chi connectivity index (χ3v) is 2.70. The van der Waals surface area contributed by atoms with E-state index in [-0.39, 0.29) is 6.61 Å². The van der Waals surface area contributed by atoms with Gasteiger partial charge < -0.3 is 14.9 Å². The van der Waals surface area contributed by atoms with Crippen molar-refractivity contribution in [2.75, 3.05) is 26.8 Å². The lowest BCUT2D eigenvalue weighted by Crippen LogP contribution is -2.48. The van der Waals surface area contributed by atoms with Crippen LogP contribution in [-0.4, -0.2) is 60.0 Å². The van der Waals surface area contributed by atoms with E-state index in [0.29, 0.717) is 13.0 Å². The first-order chi connectivity index (χ1) is 7.15. The fourth-order valence-corrected chi connectivity index (χ4v) is 2.00. The van der Waals surface area contributed by atoms with Crippen molar-refractivity contribution >= 4 is 5.97 Å². The molecule has 2 atom stereocenters. The summed E-state index contributed by atoms with van der Waals surface area (Å²) in [7, 11) is 1.52. The van der Waals surface area contributed by atoms with Crippen LogP contribution in [0.4, 0.5) is 0 Å². The van der Waals surface area contributed by atoms with E-state index < -0.39 is 18.1 Å². The summed E-state index contributed by atoms with van der Waals surface area (Å²) in [5.74, 6) is -0.792. The molecular weight excluding hydrogens is 198 g/mol. The van der Waals surface area contributed by atoms with Gasteiger partial charge in [-0.15, -0.1) is 0 Å². The predicted octanol–water partition coefficient (Wildman–Crippen LogP) is -0.0672. The number of rotatable bonds is 5. The highest BCUT2D eigenvalue weighted by atomic mass is 16.5. The van der Waals surface area contributed by atoms with Gasteiger partial charge in [0, 0.05) is 13.7 Å². The monoisotopic (exact) mass is 217 g/mol. The Morgan fingerprint density at radius 1 is 1.60 bits per heavy atom. The molecular formula is C10H19NO4. The number of aliphatic hydroxyl groups is 1. The number of carbonyl (C=O) groups is 1. The SMILES string of the molecule is COCC(O)CN1CCCCC1C(=O)O. The molecule has 0 bridgehead atoms. The number of hydrogen-bond donors (Lipinski definition) is 2. The Morgan fingerprint density at radius 2 is 2.33 bits per heavy atom. The Kier molecular flexibility index (Phi) is 5.01. The summed E-state index contributed by atoms with van der Waals surface area (Å²) < 4.78 is 4.82. The Balaban J connectivity index is 2.45. The summed E-state index contributed by atoms with van der Waals surface area (Å²) in [5, 5.41) is 18.5. The highest BCUT2D eigenvalue weighted by molar-refractivity contribution is 5.73. The van der Waals surface area contributed by atoms with Crippen LogP contribution in [0.1, 0.15) is 19.3 Å². The van der Waals surface area contributed by atoms with Crippen molar-refractivity contribution in [2.45, 2.75) is 31.4 Å². The maximum atomic E-state index is 10.9. The number of aliphatic carboxylic acids is 1. The van der Waals surface area contributed by atoms with Gasteiger partial charge in [0.2, 0.25) is 0 Å². The molecule has 0 aromatic rings. The first-order valence-corrected chi connectivity index (χ1v) is 5.29. The molecule has 1 aliphatic rings. The van der Waals surface area contributed by atoms with Crippen LogP contribution in [-0.2, 0) is 9.53 Å². The van der Waals surface area contributed by atoms with Gasteiger partial charge in [-0.1, -0.05) is 6.42 Å². The van der Waals surface area contributed by atoms with E-state index >= 15 is 0 Å². The smallest absolute Gasteiger partial charge is 0.320 e. The lowest BCUT2D eigenvalue weighted by atomic mass is 10.0. The first-order valence-electron chi connectivity index (χ1n) is 5.29. The minimum absolute atomic E-state index is 0.253. The number of carboxylic acid groups (broad SMARTS) is 1. The van der Waals surface area contributed by atoms with Crippen LogP contribution in [0.15, 0.2) is 0 Å². The number of likely N-dealkylation sites (tertiary alicyclic amines) is 1. The van der Waals surface area contributed by atoms with Crippen LogP contribution < -0.4 is 0 Å². The summed E-state index contributed by atoms with van der Waals surface area (Å²) in [4.78, 5) is 12.8. The average Bonchev–Trinajstić information content (AvgIpc) is 2.18. The molecule has 0 saturated carbocycles. The van der Waals surface area contributed by atoms with Crippen LogP contribution in [0.25, 0.3) is 0 Å². The van der Waals surface area contributed by atoms with Crippen LogP contribution in [0, 0.1) is 0 Å². The topological polar surface area (TPSA) is 70.0 Å². The van der Waals surface area contributed by atoms with Crippen molar-refractivity contribution < 1.29 is 19.7 Å². The number of hydrogen-bond acceptors (Lipinski definition) is 4. The molecule has 0 aromatic carbocycles. The molecule has 0 aromatic heterocycles. The second kappa shape index (κ2) is 6.05. The van der Waals surface area contributed by atoms with E-state index in [0.717, 1.165) is 19.4 Å². The van der Waals surface area contributed by atoms with Gasteiger partial charge in [-0.25, -0.2) is 0 Å². The van der Waals surface area contributed by atoms with Gasteiger partial charge in [-0.2, -0.15) is 0 Å². The standard InChI is InChI=1S/C10H19NO4/c1-15-7-8(12)6-11-5-3-2-4-9(11)10(13)14/h8-9,12H,2-7H2,1H3,(H,13,14). The summed E-state index contributed by atoms with van der Waals surface area (Å²) in [6.07, 6.45) is 2.03. The number of nitrogens with zero attached hydrogens (tertiary/aromatic N) is 1. The zero-order valence-corrected chi connectivity index (χ0v) is 9.06. The Labute approximate surface area is 89.6 Å². The van der Waals surface area contributed by atoms with Gasteiger partial charge in [-0.3, -0.25) is 9.69 Å². The number of β-amino-alcohol motifs (C(OH)–C–C–N with tert-alkyl or cyclic N) is 1. The third-order valence-electron chi connectivity index (χ3n) is 2.70. The van der Waals surface area contributed by atoms with Crippen molar-refractivity contribution in [1.29, 1.82) is 0 Å². The van der Waals surface area contributed by atoms with Gasteiger partial charge in [0.15, 0.2) is 0 Å². The molecule has 2 unspecified atom stereocenters. The molecule has 1 fully saturated rings. The highest BCUT2D eigenvalue weighted by Crippen LogP contribution is 2.17. The van der Waals surface area contributed by atoms with E-state index in [1.807, 2.05) is 4.90 Å². The van der Waals surface area contributed by atoms with Crippen LogP contribution >= 0.6 is 0 Å². The molecule has 0 radical (unpaired) electrons. The fraction of sp³-hybridized carbons (Fsp3) is 0.900. The molecule has 1 heterocycles. The summed E-state index contributed by atoms with van der Waals surface area (Å²) >= 11 is 0. The molecule has 5 nitrogen and oxygen atoms in total. The van der Waals surface area contributed by atoms with E-state index in [9.17, 15) is 9.90 Å². The van der Waals surface area contributed by atoms with Crippen molar-refractivity contribution in [3.05, 3.63) is 0 Å². The number of ether oxygens (including phenoxy) is 1. The van der Waals surface area contributed by atoms with E-state index in [1.165, 1.54) is 7.11 Å². The molecule has 5 heteroatoms. The largest absolute Gasteiger partial charge is 0.480 e. The molecule has 15 heavy (non-hydrogen) atoms. The molecule has 2 N–H and O–H groups in total. The van der Waals surface area contributed by atoms with Crippen LogP contribution in [0.2, 0.25) is 0 Å². The molecule has 0 spiro atoms. The predicted molar refractivity (Wildman–Crippen MR) is 54.7 cm³/mol. The minimum Gasteiger partial charge on any atom is -0.480 e. The second-order valence-corrected chi connectivity index (χ2v) is 3.95. The van der Waals surface area contributed by atoms with E-state index in [4.69, 9.17) is 9.84 Å². The molecule has 0 amide bonds. The number of carboxylic acids is 1. The Morgan fingerprint density at radius 3 is 2.93 bits per heavy atom. The fourth-order valence-electron chi connectivity index (χ4n) is 2.00. The van der Waals surface area contributed by atoms with Crippen LogP contribution in [0.3, 0.4) is 0 Å². The quantitative estimate of drug-likeness (QED) is 0.674. The zero-order valence-electron chi connectivity index (χ0n) is 9.06. The lowest BCUT2D eigenvalue weighted by Gasteiger charge is -2.34. The van der Waals surface area contributed by atoms with Crippen LogP contribution in [0.5, 0.6) is 0 Å². The number of piperidine rings is 1. The van der Waals surface area contributed by atoms with Gasteiger partial charge in [0.05, 0.1) is 12.7 Å². The number of aliphatic hydroxyl groups excluding tert-OH is 1. The van der Waals surface area contributed by atoms with Crippen molar-refractivity contribution in [2.24, 2.45) is 0 Å². The molecule has 1 saturated heterocycles. The molecule has 1 rings (SSSR count). The Hall–Kier alpha value is -0.650. The van der Waals surface area contributed by atoms with Gasteiger partial charge in [-0.05, 0) is 19.4 Å². The Bertz CT molecular complexity index is 210. The minimum atomic E-state index is -0.792. The summed E-state index contributed by atoms with van der Waals surface area (Å²) in [6.45, 7) is 1.38. The first kappa shape index (κ1) is 12.4. The molecule has 0 aliphatic carbocycles. The average molecular weight is 217 g/mol.